The molecule has 0 saturated carbocycles. The van der Waals surface area contributed by atoms with Crippen LogP contribution in [0.5, 0.6) is 5.75 Å². The predicted molar refractivity (Wildman–Crippen MR) is 58.6 cm³/mol. The minimum absolute atomic E-state index is 0.768. The van der Waals surface area contributed by atoms with Crippen molar-refractivity contribution in [3.63, 3.8) is 0 Å². The molecule has 0 aliphatic carbocycles. The second-order valence-electron chi connectivity index (χ2n) is 3.62. The van der Waals surface area contributed by atoms with Crippen LogP contribution >= 0.6 is 0 Å². The lowest BCUT2D eigenvalue weighted by molar-refractivity contribution is 0.411. The summed E-state index contributed by atoms with van der Waals surface area (Å²) in [4.78, 5) is 4.15. The minimum Gasteiger partial charge on any atom is -0.495 e. The minimum atomic E-state index is 0.768. The number of ether oxygens (including phenoxy) is 1. The van der Waals surface area contributed by atoms with E-state index < -0.39 is 0 Å². The molecule has 1 aromatic rings. The molecule has 0 fully saturated rings. The second kappa shape index (κ2) is 5.63. The third kappa shape index (κ3) is 3.02. The molecule has 78 valence electrons. The van der Waals surface area contributed by atoms with Crippen molar-refractivity contribution in [2.45, 2.75) is 33.1 Å². The Balaban J connectivity index is 2.65. The topological polar surface area (TPSA) is 22.1 Å². The molecule has 0 N–H and O–H groups in total. The summed E-state index contributed by atoms with van der Waals surface area (Å²) in [5.74, 6) is 1.62. The average molecular weight is 193 g/mol. The summed E-state index contributed by atoms with van der Waals surface area (Å²) < 4.78 is 5.14. The van der Waals surface area contributed by atoms with Gasteiger partial charge in [0.05, 0.1) is 13.3 Å². The SMILES string of the molecule is CCC(CC)Cc1cncc(OC)c1. The van der Waals surface area contributed by atoms with Crippen molar-refractivity contribution in [1.29, 1.82) is 0 Å². The van der Waals surface area contributed by atoms with Gasteiger partial charge in [-0.1, -0.05) is 26.7 Å². The highest BCUT2D eigenvalue weighted by Crippen LogP contribution is 2.17. The third-order valence-corrected chi connectivity index (χ3v) is 2.68. The summed E-state index contributed by atoms with van der Waals surface area (Å²) in [7, 11) is 1.68. The highest BCUT2D eigenvalue weighted by atomic mass is 16.5. The van der Waals surface area contributed by atoms with Gasteiger partial charge >= 0.3 is 0 Å². The summed E-state index contributed by atoms with van der Waals surface area (Å²) in [6.45, 7) is 4.48. The van der Waals surface area contributed by atoms with Crippen LogP contribution in [0.25, 0.3) is 0 Å². The van der Waals surface area contributed by atoms with Crippen LogP contribution in [0.15, 0.2) is 18.5 Å². The maximum atomic E-state index is 5.14. The van der Waals surface area contributed by atoms with Crippen LogP contribution in [-0.4, -0.2) is 12.1 Å². The second-order valence-corrected chi connectivity index (χ2v) is 3.62. The van der Waals surface area contributed by atoms with Gasteiger partial charge in [0.15, 0.2) is 0 Å². The van der Waals surface area contributed by atoms with Gasteiger partial charge in [0, 0.05) is 6.20 Å². The molecule has 1 aromatic heterocycles. The van der Waals surface area contributed by atoms with E-state index >= 15 is 0 Å². The Labute approximate surface area is 86.3 Å². The fraction of sp³-hybridized carbons (Fsp3) is 0.583. The molecule has 0 unspecified atom stereocenters. The smallest absolute Gasteiger partial charge is 0.137 e. The Morgan fingerprint density at radius 3 is 2.57 bits per heavy atom. The fourth-order valence-corrected chi connectivity index (χ4v) is 1.60. The van der Waals surface area contributed by atoms with Crippen LogP contribution in [0, 0.1) is 5.92 Å². The Hall–Kier alpha value is -1.05. The first kappa shape index (κ1) is 11.0. The summed E-state index contributed by atoms with van der Waals surface area (Å²) in [6.07, 6.45) is 7.25. The van der Waals surface area contributed by atoms with E-state index in [2.05, 4.69) is 24.9 Å². The highest BCUT2D eigenvalue weighted by molar-refractivity contribution is 5.23. The van der Waals surface area contributed by atoms with Crippen molar-refractivity contribution < 1.29 is 4.74 Å². The van der Waals surface area contributed by atoms with Crippen molar-refractivity contribution in [3.05, 3.63) is 24.0 Å². The van der Waals surface area contributed by atoms with E-state index in [9.17, 15) is 0 Å². The lowest BCUT2D eigenvalue weighted by Crippen LogP contribution is -2.02. The number of nitrogens with zero attached hydrogens (tertiary/aromatic N) is 1. The van der Waals surface area contributed by atoms with Gasteiger partial charge in [-0.25, -0.2) is 0 Å². The average Bonchev–Trinajstić information content (AvgIpc) is 2.26. The predicted octanol–water partition coefficient (Wildman–Crippen LogP) is 3.07. The molecular formula is C12H19NO. The number of hydrogen-bond donors (Lipinski definition) is 0. The summed E-state index contributed by atoms with van der Waals surface area (Å²) >= 11 is 0. The molecule has 1 rings (SSSR count). The van der Waals surface area contributed by atoms with Crippen LogP contribution in [0.2, 0.25) is 0 Å². The quantitative estimate of drug-likeness (QED) is 0.717. The fourth-order valence-electron chi connectivity index (χ4n) is 1.60. The van der Waals surface area contributed by atoms with Gasteiger partial charge < -0.3 is 4.74 Å². The first-order valence-electron chi connectivity index (χ1n) is 5.28. The number of pyridine rings is 1. The van der Waals surface area contributed by atoms with Gasteiger partial charge in [-0.2, -0.15) is 0 Å². The Kier molecular flexibility index (Phi) is 4.44. The lowest BCUT2D eigenvalue weighted by Gasteiger charge is -2.12. The van der Waals surface area contributed by atoms with Gasteiger partial charge in [0.25, 0.3) is 0 Å². The number of hydrogen-bond acceptors (Lipinski definition) is 2. The first-order chi connectivity index (χ1) is 6.80. The van der Waals surface area contributed by atoms with Crippen LogP contribution in [0.4, 0.5) is 0 Å². The molecule has 0 aliphatic rings. The standard InChI is InChI=1S/C12H19NO/c1-4-10(5-2)6-11-7-12(14-3)9-13-8-11/h7-10H,4-6H2,1-3H3. The van der Waals surface area contributed by atoms with Crippen molar-refractivity contribution in [3.8, 4) is 5.75 Å². The van der Waals surface area contributed by atoms with Crippen LogP contribution in [0.1, 0.15) is 32.3 Å². The molecule has 0 aromatic carbocycles. The molecule has 0 radical (unpaired) electrons. The van der Waals surface area contributed by atoms with Crippen LogP contribution in [0.3, 0.4) is 0 Å². The lowest BCUT2D eigenvalue weighted by atomic mass is 9.95. The van der Waals surface area contributed by atoms with E-state index in [0.29, 0.717) is 0 Å². The van der Waals surface area contributed by atoms with Gasteiger partial charge in [0.2, 0.25) is 0 Å². The summed E-state index contributed by atoms with van der Waals surface area (Å²) in [5, 5.41) is 0. The number of methoxy groups -OCH3 is 1. The van der Waals surface area contributed by atoms with E-state index in [0.717, 1.165) is 18.1 Å². The molecule has 0 amide bonds. The van der Waals surface area contributed by atoms with E-state index in [4.69, 9.17) is 4.74 Å². The van der Waals surface area contributed by atoms with E-state index in [1.54, 1.807) is 13.3 Å². The van der Waals surface area contributed by atoms with Gasteiger partial charge in [-0.05, 0) is 24.0 Å². The Bertz CT molecular complexity index is 269. The molecule has 2 heteroatoms. The Morgan fingerprint density at radius 1 is 1.29 bits per heavy atom. The largest absolute Gasteiger partial charge is 0.495 e. The molecular weight excluding hydrogens is 174 g/mol. The van der Waals surface area contributed by atoms with Crippen molar-refractivity contribution >= 4 is 0 Å². The molecule has 14 heavy (non-hydrogen) atoms. The third-order valence-electron chi connectivity index (χ3n) is 2.68. The molecule has 0 saturated heterocycles. The number of rotatable bonds is 5. The van der Waals surface area contributed by atoms with Gasteiger partial charge in [0.1, 0.15) is 5.75 Å². The highest BCUT2D eigenvalue weighted by Gasteiger charge is 2.05. The maximum Gasteiger partial charge on any atom is 0.137 e. The zero-order chi connectivity index (χ0) is 10.4. The van der Waals surface area contributed by atoms with Gasteiger partial charge in [-0.15, -0.1) is 0 Å². The van der Waals surface area contributed by atoms with Crippen molar-refractivity contribution in [2.75, 3.05) is 7.11 Å². The number of aromatic nitrogens is 1. The molecule has 0 spiro atoms. The molecule has 1 heterocycles. The normalized spacial score (nSPS) is 10.6. The van der Waals surface area contributed by atoms with E-state index in [-0.39, 0.29) is 0 Å². The monoisotopic (exact) mass is 193 g/mol. The first-order valence-corrected chi connectivity index (χ1v) is 5.28. The zero-order valence-corrected chi connectivity index (χ0v) is 9.29. The summed E-state index contributed by atoms with van der Waals surface area (Å²) in [6, 6.07) is 2.07. The van der Waals surface area contributed by atoms with Crippen molar-refractivity contribution in [1.82, 2.24) is 4.98 Å². The van der Waals surface area contributed by atoms with Gasteiger partial charge in [-0.3, -0.25) is 4.98 Å². The zero-order valence-electron chi connectivity index (χ0n) is 9.29. The molecule has 0 bridgehead atoms. The van der Waals surface area contributed by atoms with Crippen molar-refractivity contribution in [2.24, 2.45) is 5.92 Å². The summed E-state index contributed by atoms with van der Waals surface area (Å²) in [5.41, 5.74) is 1.28. The molecule has 0 aliphatic heterocycles. The van der Waals surface area contributed by atoms with E-state index in [1.165, 1.54) is 18.4 Å². The van der Waals surface area contributed by atoms with E-state index in [1.807, 2.05) is 6.20 Å². The van der Waals surface area contributed by atoms with Crippen LogP contribution in [-0.2, 0) is 6.42 Å². The van der Waals surface area contributed by atoms with Crippen LogP contribution < -0.4 is 4.74 Å². The molecule has 2 nitrogen and oxygen atoms in total. The maximum absolute atomic E-state index is 5.14. The Morgan fingerprint density at radius 2 is 2.00 bits per heavy atom. The molecule has 0 atom stereocenters.